The predicted molar refractivity (Wildman–Crippen MR) is 117 cm³/mol. The monoisotopic (exact) mass is 449 g/mol. The van der Waals surface area contributed by atoms with Crippen molar-refractivity contribution < 1.29 is 13.2 Å². The second-order valence-corrected chi connectivity index (χ2v) is 11.2. The van der Waals surface area contributed by atoms with E-state index in [4.69, 9.17) is 0 Å². The molecular formula is C20H23N3O3S3. The van der Waals surface area contributed by atoms with Gasteiger partial charge in [-0.15, -0.1) is 11.3 Å². The minimum Gasteiger partial charge on any atom is -0.319 e. The Hall–Kier alpha value is -1.81. The summed E-state index contributed by atoms with van der Waals surface area (Å²) in [7, 11) is -1.79. The van der Waals surface area contributed by atoms with Crippen LogP contribution < -0.4 is 4.80 Å². The van der Waals surface area contributed by atoms with Crippen molar-refractivity contribution in [1.82, 2.24) is 8.87 Å². The molecule has 1 unspecified atom stereocenters. The fraction of sp³-hybridized carbons (Fsp3) is 0.400. The summed E-state index contributed by atoms with van der Waals surface area (Å²) in [5, 5.41) is 1.74. The molecule has 0 saturated carbocycles. The van der Waals surface area contributed by atoms with Crippen LogP contribution in [0.4, 0.5) is 0 Å². The first kappa shape index (κ1) is 20.5. The quantitative estimate of drug-likeness (QED) is 0.612. The highest BCUT2D eigenvalue weighted by atomic mass is 32.2. The first-order chi connectivity index (χ1) is 13.9. The normalized spacial score (nSPS) is 19.1. The van der Waals surface area contributed by atoms with Gasteiger partial charge in [-0.2, -0.15) is 9.30 Å². The Labute approximate surface area is 178 Å². The average molecular weight is 450 g/mol. The van der Waals surface area contributed by atoms with Crippen LogP contribution >= 0.6 is 22.7 Å². The summed E-state index contributed by atoms with van der Waals surface area (Å²) >= 11 is 2.64. The number of fused-ring (bicyclic) bond motifs is 1. The van der Waals surface area contributed by atoms with Crippen molar-refractivity contribution in [3.05, 3.63) is 46.1 Å². The molecule has 4 rings (SSSR count). The summed E-state index contributed by atoms with van der Waals surface area (Å²) in [6.07, 6.45) is 3.02. The summed E-state index contributed by atoms with van der Waals surface area (Å²) in [6.45, 7) is 2.46. The summed E-state index contributed by atoms with van der Waals surface area (Å²) in [6, 6.07) is 8.80. The maximum atomic E-state index is 13.1. The Morgan fingerprint density at radius 1 is 1.28 bits per heavy atom. The highest BCUT2D eigenvalue weighted by Crippen LogP contribution is 2.28. The maximum absolute atomic E-state index is 13.1. The third-order valence-electron chi connectivity index (χ3n) is 5.28. The number of thiazole rings is 1. The number of sulfonamides is 1. The predicted octanol–water partition coefficient (Wildman–Crippen LogP) is 3.53. The van der Waals surface area contributed by atoms with Crippen molar-refractivity contribution in [2.75, 3.05) is 6.54 Å². The van der Waals surface area contributed by atoms with Crippen LogP contribution in [0.15, 0.2) is 44.9 Å². The number of nitrogens with zero attached hydrogens (tertiary/aromatic N) is 3. The first-order valence-corrected chi connectivity index (χ1v) is 12.8. The highest BCUT2D eigenvalue weighted by Gasteiger charge is 2.38. The van der Waals surface area contributed by atoms with Gasteiger partial charge in [0.05, 0.1) is 10.2 Å². The minimum atomic E-state index is -3.68. The van der Waals surface area contributed by atoms with Gasteiger partial charge < -0.3 is 4.57 Å². The highest BCUT2D eigenvalue weighted by molar-refractivity contribution is 7.91. The lowest BCUT2D eigenvalue weighted by molar-refractivity contribution is -0.122. The number of carbonyl (C=O) groups is 1. The fourth-order valence-corrected chi connectivity index (χ4v) is 7.50. The molecular weight excluding hydrogens is 426 g/mol. The van der Waals surface area contributed by atoms with E-state index in [0.717, 1.165) is 29.5 Å². The smallest absolute Gasteiger partial charge is 0.266 e. The Balaban J connectivity index is 1.71. The Morgan fingerprint density at radius 3 is 2.83 bits per heavy atom. The molecule has 0 radical (unpaired) electrons. The number of hydrogen-bond donors (Lipinski definition) is 0. The third kappa shape index (κ3) is 3.84. The van der Waals surface area contributed by atoms with Crippen molar-refractivity contribution in [3.8, 4) is 0 Å². The molecule has 1 amide bonds. The van der Waals surface area contributed by atoms with Gasteiger partial charge in [0.2, 0.25) is 0 Å². The second kappa shape index (κ2) is 8.14. The van der Waals surface area contributed by atoms with Crippen LogP contribution in [0, 0.1) is 0 Å². The van der Waals surface area contributed by atoms with Gasteiger partial charge in [0, 0.05) is 13.6 Å². The van der Waals surface area contributed by atoms with E-state index >= 15 is 0 Å². The van der Waals surface area contributed by atoms with Crippen LogP contribution in [0.1, 0.15) is 31.7 Å². The molecule has 2 aromatic heterocycles. The van der Waals surface area contributed by atoms with Crippen molar-refractivity contribution in [2.24, 2.45) is 12.0 Å². The largest absolute Gasteiger partial charge is 0.319 e. The number of carbonyl (C=O) groups excluding carboxylic acids is 1. The molecule has 0 bridgehead atoms. The number of benzene rings is 1. The average Bonchev–Trinajstić information content (AvgIpc) is 3.37. The zero-order valence-electron chi connectivity index (χ0n) is 16.4. The molecule has 3 aromatic rings. The molecule has 1 atom stereocenters. The Bertz CT molecular complexity index is 1210. The van der Waals surface area contributed by atoms with Crippen LogP contribution in [0.5, 0.6) is 0 Å². The lowest BCUT2D eigenvalue weighted by Gasteiger charge is -2.31. The molecule has 29 heavy (non-hydrogen) atoms. The number of aryl methyl sites for hydroxylation is 2. The summed E-state index contributed by atoms with van der Waals surface area (Å²) in [5.74, 6) is -0.386. The molecule has 0 aliphatic carbocycles. The summed E-state index contributed by atoms with van der Waals surface area (Å²) in [5.41, 5.74) is 2.25. The number of amides is 1. The fourth-order valence-electron chi connectivity index (χ4n) is 3.64. The molecule has 1 aliphatic rings. The van der Waals surface area contributed by atoms with Gasteiger partial charge in [-0.05, 0) is 48.4 Å². The maximum Gasteiger partial charge on any atom is 0.266 e. The molecule has 1 aliphatic heterocycles. The molecule has 3 heterocycles. The number of hydrogen-bond acceptors (Lipinski definition) is 5. The summed E-state index contributed by atoms with van der Waals surface area (Å²) < 4.78 is 30.7. The van der Waals surface area contributed by atoms with Crippen LogP contribution in [0.2, 0.25) is 0 Å². The van der Waals surface area contributed by atoms with E-state index in [1.54, 1.807) is 17.5 Å². The zero-order valence-corrected chi connectivity index (χ0v) is 18.8. The van der Waals surface area contributed by atoms with E-state index in [1.165, 1.54) is 32.5 Å². The van der Waals surface area contributed by atoms with Crippen molar-refractivity contribution in [2.45, 2.75) is 42.9 Å². The number of piperidine rings is 1. The molecule has 9 heteroatoms. The Kier molecular flexibility index (Phi) is 5.74. The zero-order chi connectivity index (χ0) is 20.6. The lowest BCUT2D eigenvalue weighted by atomic mass is 10.0. The molecule has 1 aromatic carbocycles. The van der Waals surface area contributed by atoms with Crippen LogP contribution in [0.25, 0.3) is 10.2 Å². The van der Waals surface area contributed by atoms with Crippen molar-refractivity contribution in [1.29, 1.82) is 0 Å². The van der Waals surface area contributed by atoms with Gasteiger partial charge in [-0.3, -0.25) is 4.79 Å². The number of aromatic nitrogens is 1. The van der Waals surface area contributed by atoms with E-state index in [-0.39, 0.29) is 10.1 Å². The number of rotatable bonds is 4. The van der Waals surface area contributed by atoms with Gasteiger partial charge in [0.15, 0.2) is 4.80 Å². The second-order valence-electron chi connectivity index (χ2n) is 7.11. The van der Waals surface area contributed by atoms with Gasteiger partial charge >= 0.3 is 0 Å². The minimum absolute atomic E-state index is 0.275. The molecule has 1 saturated heterocycles. The molecule has 0 N–H and O–H groups in total. The van der Waals surface area contributed by atoms with E-state index in [9.17, 15) is 13.2 Å². The lowest BCUT2D eigenvalue weighted by Crippen LogP contribution is -2.47. The molecule has 1 fully saturated rings. The van der Waals surface area contributed by atoms with Crippen LogP contribution in [-0.2, 0) is 28.3 Å². The topological polar surface area (TPSA) is 71.7 Å². The third-order valence-corrected chi connectivity index (χ3v) is 9.66. The SMILES string of the molecule is CCc1ccc2c(c1)sc(=NC(=O)C1CCCCN1S(=O)(=O)c1cccs1)n2C. The van der Waals surface area contributed by atoms with Crippen LogP contribution in [-0.4, -0.2) is 35.8 Å². The summed E-state index contributed by atoms with van der Waals surface area (Å²) in [4.78, 5) is 18.0. The van der Waals surface area contributed by atoms with Crippen LogP contribution in [0.3, 0.4) is 0 Å². The molecule has 0 spiro atoms. The van der Waals surface area contributed by atoms with Gasteiger partial charge in [-0.25, -0.2) is 8.42 Å². The van der Waals surface area contributed by atoms with E-state index < -0.39 is 16.1 Å². The standard InChI is InChI=1S/C20H23N3O3S3/c1-3-14-9-10-15-17(13-14)28-20(22(15)2)21-19(24)16-7-4-5-11-23(16)29(25,26)18-8-6-12-27-18/h6,8-10,12-13,16H,3-5,7,11H2,1-2H3. The molecule has 6 nitrogen and oxygen atoms in total. The van der Waals surface area contributed by atoms with Gasteiger partial charge in [-0.1, -0.05) is 36.8 Å². The van der Waals surface area contributed by atoms with Crippen molar-refractivity contribution in [3.63, 3.8) is 0 Å². The van der Waals surface area contributed by atoms with E-state index in [1.807, 2.05) is 17.7 Å². The van der Waals surface area contributed by atoms with Gasteiger partial charge in [0.25, 0.3) is 15.9 Å². The Morgan fingerprint density at radius 2 is 2.10 bits per heavy atom. The first-order valence-electron chi connectivity index (χ1n) is 9.64. The van der Waals surface area contributed by atoms with E-state index in [2.05, 4.69) is 24.0 Å². The molecule has 154 valence electrons. The van der Waals surface area contributed by atoms with E-state index in [0.29, 0.717) is 17.8 Å². The van der Waals surface area contributed by atoms with Crippen molar-refractivity contribution >= 4 is 48.8 Å². The van der Waals surface area contributed by atoms with Gasteiger partial charge in [0.1, 0.15) is 10.3 Å². The number of thiophene rings is 1.